The Morgan fingerprint density at radius 3 is 2.60 bits per heavy atom. The lowest BCUT2D eigenvalue weighted by Gasteiger charge is -2.44. The van der Waals surface area contributed by atoms with Crippen molar-refractivity contribution in [2.45, 2.75) is 51.6 Å². The van der Waals surface area contributed by atoms with Crippen LogP contribution in [0.2, 0.25) is 0 Å². The molecule has 1 heterocycles. The minimum absolute atomic E-state index is 0.771. The molecule has 1 saturated carbocycles. The fourth-order valence-corrected chi connectivity index (χ4v) is 2.94. The summed E-state index contributed by atoms with van der Waals surface area (Å²) in [4.78, 5) is 2.59. The van der Waals surface area contributed by atoms with E-state index in [1.807, 2.05) is 0 Å². The van der Waals surface area contributed by atoms with Gasteiger partial charge in [-0.25, -0.2) is 0 Å². The van der Waals surface area contributed by atoms with Crippen LogP contribution in [0.4, 0.5) is 0 Å². The Hall–Kier alpha value is -0.0800. The van der Waals surface area contributed by atoms with Crippen molar-refractivity contribution in [3.05, 3.63) is 0 Å². The van der Waals surface area contributed by atoms with Crippen LogP contribution in [0.25, 0.3) is 0 Å². The van der Waals surface area contributed by atoms with Crippen molar-refractivity contribution < 1.29 is 0 Å². The third-order valence-corrected chi connectivity index (χ3v) is 4.39. The molecule has 1 aliphatic heterocycles. The maximum Gasteiger partial charge on any atom is 0.0195 e. The lowest BCUT2D eigenvalue weighted by atomic mass is 9.73. The third-order valence-electron chi connectivity index (χ3n) is 4.39. The first-order valence-corrected chi connectivity index (χ1v) is 6.60. The fraction of sp³-hybridized carbons (Fsp3) is 1.00. The zero-order valence-electron chi connectivity index (χ0n) is 10.5. The first kappa shape index (κ1) is 11.4. The summed E-state index contributed by atoms with van der Waals surface area (Å²) >= 11 is 0. The maximum atomic E-state index is 3.58. The highest BCUT2D eigenvalue weighted by atomic mass is 15.2. The van der Waals surface area contributed by atoms with Crippen LogP contribution in [0.15, 0.2) is 0 Å². The van der Waals surface area contributed by atoms with Gasteiger partial charge in [0.2, 0.25) is 0 Å². The highest BCUT2D eigenvalue weighted by Crippen LogP contribution is 2.36. The number of hydrogen-bond donors (Lipinski definition) is 1. The van der Waals surface area contributed by atoms with E-state index in [0.717, 1.165) is 23.9 Å². The Kier molecular flexibility index (Phi) is 3.68. The van der Waals surface area contributed by atoms with E-state index < -0.39 is 0 Å². The topological polar surface area (TPSA) is 15.3 Å². The smallest absolute Gasteiger partial charge is 0.0195 e. The molecule has 1 aliphatic carbocycles. The Morgan fingerprint density at radius 1 is 1.33 bits per heavy atom. The molecular weight excluding hydrogens is 184 g/mol. The number of nitrogens with zero attached hydrogens (tertiary/aromatic N) is 1. The highest BCUT2D eigenvalue weighted by Gasteiger charge is 2.34. The Morgan fingerprint density at radius 2 is 2.07 bits per heavy atom. The molecule has 0 aromatic carbocycles. The molecule has 2 rings (SSSR count). The van der Waals surface area contributed by atoms with Gasteiger partial charge in [0.1, 0.15) is 0 Å². The van der Waals surface area contributed by atoms with Crippen molar-refractivity contribution in [3.8, 4) is 0 Å². The summed E-state index contributed by atoms with van der Waals surface area (Å²) in [5.74, 6) is 1.88. The zero-order chi connectivity index (χ0) is 10.8. The van der Waals surface area contributed by atoms with Gasteiger partial charge < -0.3 is 10.2 Å². The number of hydrogen-bond acceptors (Lipinski definition) is 2. The van der Waals surface area contributed by atoms with Gasteiger partial charge in [0.05, 0.1) is 0 Å². The second kappa shape index (κ2) is 4.84. The van der Waals surface area contributed by atoms with Crippen LogP contribution < -0.4 is 5.32 Å². The van der Waals surface area contributed by atoms with Crippen LogP contribution >= 0.6 is 0 Å². The van der Waals surface area contributed by atoms with Crippen LogP contribution in [0, 0.1) is 11.8 Å². The molecule has 1 unspecified atom stereocenters. The highest BCUT2D eigenvalue weighted by molar-refractivity contribution is 4.89. The van der Waals surface area contributed by atoms with Gasteiger partial charge in [0.15, 0.2) is 0 Å². The van der Waals surface area contributed by atoms with Crippen molar-refractivity contribution in [2.75, 3.05) is 20.1 Å². The average molecular weight is 210 g/mol. The molecule has 2 fully saturated rings. The van der Waals surface area contributed by atoms with E-state index in [2.05, 4.69) is 31.1 Å². The van der Waals surface area contributed by atoms with E-state index in [1.165, 1.54) is 38.8 Å². The molecule has 0 spiro atoms. The summed E-state index contributed by atoms with van der Waals surface area (Å²) in [6, 6.07) is 1.65. The van der Waals surface area contributed by atoms with E-state index in [-0.39, 0.29) is 0 Å². The normalized spacial score (nSPS) is 36.2. The molecule has 1 N–H and O–H groups in total. The van der Waals surface area contributed by atoms with Gasteiger partial charge in [-0.15, -0.1) is 0 Å². The van der Waals surface area contributed by atoms with Crippen LogP contribution in [-0.4, -0.2) is 37.1 Å². The van der Waals surface area contributed by atoms with E-state index >= 15 is 0 Å². The molecule has 0 amide bonds. The van der Waals surface area contributed by atoms with Gasteiger partial charge in [-0.05, 0) is 51.1 Å². The molecule has 1 saturated heterocycles. The standard InChI is InChI=1S/C13H26N2/c1-10(2)11-7-13(8-11)15(3)9-12-5-4-6-14-12/h10-14H,4-9H2,1-3H3. The largest absolute Gasteiger partial charge is 0.313 e. The molecule has 1 atom stereocenters. The predicted octanol–water partition coefficient (Wildman–Crippen LogP) is 2.10. The van der Waals surface area contributed by atoms with Gasteiger partial charge >= 0.3 is 0 Å². The van der Waals surface area contributed by atoms with Gasteiger partial charge in [0, 0.05) is 18.6 Å². The van der Waals surface area contributed by atoms with Gasteiger partial charge in [0.25, 0.3) is 0 Å². The number of rotatable bonds is 4. The number of nitrogens with one attached hydrogen (secondary N) is 1. The van der Waals surface area contributed by atoms with Crippen molar-refractivity contribution in [1.82, 2.24) is 10.2 Å². The lowest BCUT2D eigenvalue weighted by Crippen LogP contribution is -2.48. The SMILES string of the molecule is CC(C)C1CC(N(C)CC2CCCN2)C1. The second-order valence-electron chi connectivity index (χ2n) is 5.86. The van der Waals surface area contributed by atoms with Crippen LogP contribution in [0.1, 0.15) is 39.5 Å². The molecule has 88 valence electrons. The summed E-state index contributed by atoms with van der Waals surface area (Å²) in [6.07, 6.45) is 5.62. The molecule has 0 bridgehead atoms. The first-order chi connectivity index (χ1) is 7.16. The minimum atomic E-state index is 0.771. The quantitative estimate of drug-likeness (QED) is 0.764. The van der Waals surface area contributed by atoms with Crippen LogP contribution in [0.5, 0.6) is 0 Å². The first-order valence-electron chi connectivity index (χ1n) is 6.60. The summed E-state index contributed by atoms with van der Waals surface area (Å²) in [6.45, 7) is 7.21. The van der Waals surface area contributed by atoms with Crippen molar-refractivity contribution >= 4 is 0 Å². The van der Waals surface area contributed by atoms with Crippen LogP contribution in [-0.2, 0) is 0 Å². The Balaban J connectivity index is 1.67. The summed E-state index contributed by atoms with van der Waals surface area (Å²) in [5.41, 5.74) is 0. The van der Waals surface area contributed by atoms with E-state index in [1.54, 1.807) is 0 Å². The van der Waals surface area contributed by atoms with Crippen molar-refractivity contribution in [3.63, 3.8) is 0 Å². The van der Waals surface area contributed by atoms with Gasteiger partial charge in [-0.1, -0.05) is 13.8 Å². The predicted molar refractivity (Wildman–Crippen MR) is 65.0 cm³/mol. The van der Waals surface area contributed by atoms with Gasteiger partial charge in [-0.3, -0.25) is 0 Å². The van der Waals surface area contributed by atoms with Crippen molar-refractivity contribution in [2.24, 2.45) is 11.8 Å². The summed E-state index contributed by atoms with van der Waals surface area (Å²) in [5, 5.41) is 3.58. The molecule has 0 aromatic rings. The molecule has 15 heavy (non-hydrogen) atoms. The minimum Gasteiger partial charge on any atom is -0.313 e. The van der Waals surface area contributed by atoms with E-state index in [4.69, 9.17) is 0 Å². The molecular formula is C13H26N2. The molecule has 2 nitrogen and oxygen atoms in total. The average Bonchev–Trinajstić information content (AvgIpc) is 2.52. The van der Waals surface area contributed by atoms with E-state index in [0.29, 0.717) is 0 Å². The number of likely N-dealkylation sites (N-methyl/N-ethyl adjacent to an activating group) is 1. The molecule has 0 aromatic heterocycles. The van der Waals surface area contributed by atoms with E-state index in [9.17, 15) is 0 Å². The summed E-state index contributed by atoms with van der Waals surface area (Å²) < 4.78 is 0. The van der Waals surface area contributed by atoms with Gasteiger partial charge in [-0.2, -0.15) is 0 Å². The Labute approximate surface area is 94.4 Å². The molecule has 2 heteroatoms. The zero-order valence-corrected chi connectivity index (χ0v) is 10.5. The maximum absolute atomic E-state index is 3.58. The van der Waals surface area contributed by atoms with Crippen molar-refractivity contribution in [1.29, 1.82) is 0 Å². The summed E-state index contributed by atoms with van der Waals surface area (Å²) in [7, 11) is 2.31. The molecule has 2 aliphatic rings. The second-order valence-corrected chi connectivity index (χ2v) is 5.86. The fourth-order valence-electron chi connectivity index (χ4n) is 2.94. The monoisotopic (exact) mass is 210 g/mol. The van der Waals surface area contributed by atoms with Crippen LogP contribution in [0.3, 0.4) is 0 Å². The Bertz CT molecular complexity index is 191. The molecule has 0 radical (unpaired) electrons. The third kappa shape index (κ3) is 2.73. The lowest BCUT2D eigenvalue weighted by molar-refractivity contribution is 0.0691.